The van der Waals surface area contributed by atoms with Crippen LogP contribution in [0.4, 0.5) is 8.78 Å². The standard InChI is InChI=1S/C11H11F2NO2/c12-7-2-1-6(5-8(7)13)9(14)11(3-4-11)10(15)16/h1-2,5,9H,3-4,14H2,(H,15,16). The lowest BCUT2D eigenvalue weighted by molar-refractivity contribution is -0.144. The lowest BCUT2D eigenvalue weighted by Gasteiger charge is -2.19. The number of nitrogens with two attached hydrogens (primary N) is 1. The summed E-state index contributed by atoms with van der Waals surface area (Å²) < 4.78 is 25.7. The minimum atomic E-state index is -1.01. The number of hydrogen-bond acceptors (Lipinski definition) is 2. The Hall–Kier alpha value is -1.49. The van der Waals surface area contributed by atoms with Crippen molar-refractivity contribution >= 4 is 5.97 Å². The van der Waals surface area contributed by atoms with Crippen LogP contribution in [-0.2, 0) is 4.79 Å². The van der Waals surface area contributed by atoms with E-state index in [0.717, 1.165) is 12.1 Å². The Balaban J connectivity index is 2.31. The molecule has 0 aliphatic heterocycles. The van der Waals surface area contributed by atoms with Crippen molar-refractivity contribution < 1.29 is 18.7 Å². The quantitative estimate of drug-likeness (QED) is 0.828. The molecular formula is C11H11F2NO2. The van der Waals surface area contributed by atoms with E-state index in [1.54, 1.807) is 0 Å². The Morgan fingerprint density at radius 2 is 2.00 bits per heavy atom. The van der Waals surface area contributed by atoms with Gasteiger partial charge < -0.3 is 10.8 Å². The smallest absolute Gasteiger partial charge is 0.311 e. The molecule has 86 valence electrons. The average molecular weight is 227 g/mol. The number of aliphatic carboxylic acids is 1. The molecule has 5 heteroatoms. The molecule has 0 amide bonds. The van der Waals surface area contributed by atoms with Crippen molar-refractivity contribution in [1.82, 2.24) is 0 Å². The van der Waals surface area contributed by atoms with Gasteiger partial charge in [0.05, 0.1) is 5.41 Å². The van der Waals surface area contributed by atoms with Gasteiger partial charge in [-0.1, -0.05) is 6.07 Å². The highest BCUT2D eigenvalue weighted by Crippen LogP contribution is 2.54. The SMILES string of the molecule is NC(c1ccc(F)c(F)c1)C1(C(=O)O)CC1. The van der Waals surface area contributed by atoms with E-state index in [-0.39, 0.29) is 0 Å². The summed E-state index contributed by atoms with van der Waals surface area (Å²) in [6, 6.07) is 2.46. The third kappa shape index (κ3) is 1.57. The van der Waals surface area contributed by atoms with Gasteiger partial charge in [0.15, 0.2) is 11.6 Å². The third-order valence-electron chi connectivity index (χ3n) is 3.11. The molecule has 0 heterocycles. The van der Waals surface area contributed by atoms with Gasteiger partial charge in [-0.25, -0.2) is 8.78 Å². The van der Waals surface area contributed by atoms with Gasteiger partial charge in [0.2, 0.25) is 0 Å². The van der Waals surface area contributed by atoms with Crippen LogP contribution in [0.1, 0.15) is 24.4 Å². The van der Waals surface area contributed by atoms with Gasteiger partial charge >= 0.3 is 5.97 Å². The second kappa shape index (κ2) is 3.52. The van der Waals surface area contributed by atoms with Gasteiger partial charge in [-0.05, 0) is 30.5 Å². The summed E-state index contributed by atoms with van der Waals surface area (Å²) in [6.45, 7) is 0. The second-order valence-corrected chi connectivity index (χ2v) is 4.11. The normalized spacial score (nSPS) is 19.2. The molecule has 1 atom stereocenters. The first kappa shape index (κ1) is 11.0. The van der Waals surface area contributed by atoms with E-state index < -0.39 is 29.1 Å². The van der Waals surface area contributed by atoms with Crippen molar-refractivity contribution in [1.29, 1.82) is 0 Å². The number of hydrogen-bond donors (Lipinski definition) is 2. The van der Waals surface area contributed by atoms with Gasteiger partial charge in [0, 0.05) is 6.04 Å². The number of halogens is 2. The molecule has 1 aromatic carbocycles. The summed E-state index contributed by atoms with van der Waals surface area (Å²) in [5.74, 6) is -2.95. The van der Waals surface area contributed by atoms with Crippen molar-refractivity contribution in [2.75, 3.05) is 0 Å². The highest BCUT2D eigenvalue weighted by Gasteiger charge is 2.55. The zero-order valence-corrected chi connectivity index (χ0v) is 8.41. The minimum Gasteiger partial charge on any atom is -0.481 e. The topological polar surface area (TPSA) is 63.3 Å². The van der Waals surface area contributed by atoms with Crippen LogP contribution < -0.4 is 5.73 Å². The van der Waals surface area contributed by atoms with Gasteiger partial charge in [-0.15, -0.1) is 0 Å². The van der Waals surface area contributed by atoms with Crippen LogP contribution in [-0.4, -0.2) is 11.1 Å². The minimum absolute atomic E-state index is 0.318. The molecule has 2 rings (SSSR count). The number of carboxylic acid groups (broad SMARTS) is 1. The fourth-order valence-electron chi connectivity index (χ4n) is 1.82. The first-order valence-electron chi connectivity index (χ1n) is 4.91. The largest absolute Gasteiger partial charge is 0.481 e. The van der Waals surface area contributed by atoms with E-state index in [0.29, 0.717) is 18.4 Å². The number of rotatable bonds is 3. The van der Waals surface area contributed by atoms with E-state index in [4.69, 9.17) is 10.8 Å². The van der Waals surface area contributed by atoms with Crippen molar-refractivity contribution in [3.63, 3.8) is 0 Å². The van der Waals surface area contributed by atoms with Crippen molar-refractivity contribution in [2.24, 2.45) is 11.1 Å². The molecule has 3 nitrogen and oxygen atoms in total. The molecular weight excluding hydrogens is 216 g/mol. The Kier molecular flexibility index (Phi) is 2.42. The lowest BCUT2D eigenvalue weighted by Crippen LogP contribution is -2.30. The summed E-state index contributed by atoms with van der Waals surface area (Å²) in [7, 11) is 0. The van der Waals surface area contributed by atoms with E-state index >= 15 is 0 Å². The summed E-state index contributed by atoms with van der Waals surface area (Å²) in [5.41, 5.74) is 5.11. The van der Waals surface area contributed by atoms with E-state index in [1.807, 2.05) is 0 Å². The molecule has 0 aromatic heterocycles. The Morgan fingerprint density at radius 3 is 2.44 bits per heavy atom. The number of benzene rings is 1. The van der Waals surface area contributed by atoms with E-state index in [1.165, 1.54) is 6.07 Å². The molecule has 0 bridgehead atoms. The summed E-state index contributed by atoms with van der Waals surface area (Å²) in [5, 5.41) is 9.01. The molecule has 1 aromatic rings. The fourth-order valence-corrected chi connectivity index (χ4v) is 1.82. The molecule has 1 saturated carbocycles. The molecule has 1 aliphatic rings. The Bertz CT molecular complexity index is 444. The van der Waals surface area contributed by atoms with Crippen LogP contribution in [0.3, 0.4) is 0 Å². The molecule has 1 fully saturated rings. The number of carbonyl (C=O) groups is 1. The monoisotopic (exact) mass is 227 g/mol. The highest BCUT2D eigenvalue weighted by molar-refractivity contribution is 5.79. The fraction of sp³-hybridized carbons (Fsp3) is 0.364. The zero-order valence-electron chi connectivity index (χ0n) is 8.41. The molecule has 0 spiro atoms. The molecule has 16 heavy (non-hydrogen) atoms. The lowest BCUT2D eigenvalue weighted by atomic mass is 9.91. The summed E-state index contributed by atoms with van der Waals surface area (Å²) in [6.07, 6.45) is 0.949. The summed E-state index contributed by atoms with van der Waals surface area (Å²) >= 11 is 0. The van der Waals surface area contributed by atoms with E-state index in [9.17, 15) is 13.6 Å². The molecule has 3 N–H and O–H groups in total. The van der Waals surface area contributed by atoms with Crippen LogP contribution in [0.25, 0.3) is 0 Å². The van der Waals surface area contributed by atoms with Crippen LogP contribution in [0.5, 0.6) is 0 Å². The van der Waals surface area contributed by atoms with Crippen LogP contribution in [0.2, 0.25) is 0 Å². The predicted octanol–water partition coefficient (Wildman–Crippen LogP) is 1.83. The average Bonchev–Trinajstić information content (AvgIpc) is 3.02. The third-order valence-corrected chi connectivity index (χ3v) is 3.11. The Labute approximate surface area is 90.9 Å². The molecule has 1 unspecified atom stereocenters. The first-order chi connectivity index (χ1) is 7.47. The van der Waals surface area contributed by atoms with Gasteiger partial charge in [0.25, 0.3) is 0 Å². The highest BCUT2D eigenvalue weighted by atomic mass is 19.2. The maximum absolute atomic E-state index is 13.0. The Morgan fingerprint density at radius 1 is 1.38 bits per heavy atom. The zero-order chi connectivity index (χ0) is 11.9. The maximum Gasteiger partial charge on any atom is 0.311 e. The van der Waals surface area contributed by atoms with Gasteiger partial charge in [0.1, 0.15) is 0 Å². The molecule has 0 radical (unpaired) electrons. The molecule has 0 saturated heterocycles. The van der Waals surface area contributed by atoms with Crippen LogP contribution in [0, 0.1) is 17.0 Å². The number of carboxylic acids is 1. The van der Waals surface area contributed by atoms with E-state index in [2.05, 4.69) is 0 Å². The first-order valence-corrected chi connectivity index (χ1v) is 4.91. The molecule has 1 aliphatic carbocycles. The summed E-state index contributed by atoms with van der Waals surface area (Å²) in [4.78, 5) is 11.0. The van der Waals surface area contributed by atoms with Gasteiger partial charge in [-0.3, -0.25) is 4.79 Å². The second-order valence-electron chi connectivity index (χ2n) is 4.11. The van der Waals surface area contributed by atoms with Crippen molar-refractivity contribution in [2.45, 2.75) is 18.9 Å². The predicted molar refractivity (Wildman–Crippen MR) is 52.6 cm³/mol. The van der Waals surface area contributed by atoms with Crippen LogP contribution >= 0.6 is 0 Å². The van der Waals surface area contributed by atoms with Crippen molar-refractivity contribution in [3.8, 4) is 0 Å². The maximum atomic E-state index is 13.0. The van der Waals surface area contributed by atoms with Crippen LogP contribution in [0.15, 0.2) is 18.2 Å². The van der Waals surface area contributed by atoms with Gasteiger partial charge in [-0.2, -0.15) is 0 Å². The van der Waals surface area contributed by atoms with Crippen molar-refractivity contribution in [3.05, 3.63) is 35.4 Å².